The van der Waals surface area contributed by atoms with E-state index in [-0.39, 0.29) is 5.91 Å². The number of rotatable bonds is 2. The van der Waals surface area contributed by atoms with E-state index >= 15 is 0 Å². The van der Waals surface area contributed by atoms with Gasteiger partial charge in [0, 0.05) is 18.1 Å². The second kappa shape index (κ2) is 4.00. The van der Waals surface area contributed by atoms with E-state index in [1.165, 1.54) is 6.08 Å². The molecule has 84 valence electrons. The van der Waals surface area contributed by atoms with E-state index in [0.29, 0.717) is 12.2 Å². The molecule has 1 aliphatic heterocycles. The van der Waals surface area contributed by atoms with Crippen LogP contribution in [0.4, 0.5) is 0 Å². The monoisotopic (exact) mass is 217 g/mol. The van der Waals surface area contributed by atoms with Gasteiger partial charge in [0.05, 0.1) is 0 Å². The maximum atomic E-state index is 11.6. The number of amides is 1. The molecule has 0 spiro atoms. The standard InChI is InChI=1S/C13H15NO2/c1-3-13(11-7-5-4-6-8-11)14-12(15)9-10(2)16-13/h4-9H,3H2,1-2H3,(H,14,15). The van der Waals surface area contributed by atoms with E-state index in [0.717, 1.165) is 5.56 Å². The Morgan fingerprint density at radius 1 is 1.31 bits per heavy atom. The first-order valence-electron chi connectivity index (χ1n) is 5.41. The van der Waals surface area contributed by atoms with Crippen LogP contribution in [0.5, 0.6) is 0 Å². The minimum Gasteiger partial charge on any atom is -0.468 e. The molecule has 1 unspecified atom stereocenters. The van der Waals surface area contributed by atoms with Crippen molar-refractivity contribution >= 4 is 5.91 Å². The third kappa shape index (κ3) is 1.81. The zero-order valence-corrected chi connectivity index (χ0v) is 9.49. The number of nitrogens with one attached hydrogen (secondary N) is 1. The summed E-state index contributed by atoms with van der Waals surface area (Å²) in [6.07, 6.45) is 2.16. The Kier molecular flexibility index (Phi) is 2.69. The first-order valence-corrected chi connectivity index (χ1v) is 5.41. The van der Waals surface area contributed by atoms with Crippen LogP contribution < -0.4 is 5.32 Å². The Balaban J connectivity index is 2.42. The molecule has 3 nitrogen and oxygen atoms in total. The van der Waals surface area contributed by atoms with Gasteiger partial charge in [0.2, 0.25) is 5.72 Å². The van der Waals surface area contributed by atoms with Gasteiger partial charge in [-0.3, -0.25) is 4.79 Å². The Hall–Kier alpha value is -1.77. The van der Waals surface area contributed by atoms with Crippen LogP contribution in [0.2, 0.25) is 0 Å². The highest BCUT2D eigenvalue weighted by Crippen LogP contribution is 2.31. The predicted octanol–water partition coefficient (Wildman–Crippen LogP) is 2.30. The van der Waals surface area contributed by atoms with E-state index in [9.17, 15) is 4.79 Å². The number of carbonyl (C=O) groups is 1. The number of hydrogen-bond acceptors (Lipinski definition) is 2. The molecule has 1 heterocycles. The maximum absolute atomic E-state index is 11.6. The van der Waals surface area contributed by atoms with Gasteiger partial charge in [0.15, 0.2) is 0 Å². The number of hydrogen-bond donors (Lipinski definition) is 1. The minimum atomic E-state index is -0.711. The molecule has 0 bridgehead atoms. The Labute approximate surface area is 95.1 Å². The molecule has 16 heavy (non-hydrogen) atoms. The lowest BCUT2D eigenvalue weighted by Gasteiger charge is -2.37. The van der Waals surface area contributed by atoms with Gasteiger partial charge < -0.3 is 10.1 Å². The van der Waals surface area contributed by atoms with Gasteiger partial charge in [0.1, 0.15) is 5.76 Å². The average molecular weight is 217 g/mol. The predicted molar refractivity (Wildman–Crippen MR) is 61.4 cm³/mol. The van der Waals surface area contributed by atoms with Crippen LogP contribution in [0.1, 0.15) is 25.8 Å². The molecule has 3 heteroatoms. The molecule has 0 saturated carbocycles. The van der Waals surface area contributed by atoms with Gasteiger partial charge >= 0.3 is 0 Å². The van der Waals surface area contributed by atoms with E-state index in [1.54, 1.807) is 6.92 Å². The Bertz CT molecular complexity index is 425. The molecule has 1 atom stereocenters. The maximum Gasteiger partial charge on any atom is 0.250 e. The van der Waals surface area contributed by atoms with Crippen molar-refractivity contribution in [3.05, 3.63) is 47.7 Å². The fourth-order valence-corrected chi connectivity index (χ4v) is 1.95. The van der Waals surface area contributed by atoms with Crippen molar-refractivity contribution in [2.24, 2.45) is 0 Å². The third-order valence-corrected chi connectivity index (χ3v) is 2.73. The number of allylic oxidation sites excluding steroid dienone is 1. The van der Waals surface area contributed by atoms with Gasteiger partial charge in [0.25, 0.3) is 5.91 Å². The van der Waals surface area contributed by atoms with Crippen LogP contribution in [0.25, 0.3) is 0 Å². The molecule has 2 rings (SSSR count). The summed E-state index contributed by atoms with van der Waals surface area (Å²) in [4.78, 5) is 11.6. The van der Waals surface area contributed by atoms with Gasteiger partial charge in [-0.15, -0.1) is 0 Å². The summed E-state index contributed by atoms with van der Waals surface area (Å²) in [5.74, 6) is 0.545. The number of benzene rings is 1. The molecule has 0 aromatic heterocycles. The van der Waals surface area contributed by atoms with E-state index in [1.807, 2.05) is 37.3 Å². The van der Waals surface area contributed by atoms with Crippen molar-refractivity contribution < 1.29 is 9.53 Å². The first-order chi connectivity index (χ1) is 7.66. The van der Waals surface area contributed by atoms with Gasteiger partial charge in [-0.05, 0) is 6.92 Å². The largest absolute Gasteiger partial charge is 0.468 e. The summed E-state index contributed by atoms with van der Waals surface area (Å²) >= 11 is 0. The van der Waals surface area contributed by atoms with E-state index < -0.39 is 5.72 Å². The van der Waals surface area contributed by atoms with Gasteiger partial charge in [-0.25, -0.2) is 0 Å². The summed E-state index contributed by atoms with van der Waals surface area (Å²) in [6, 6.07) is 9.75. The molecule has 0 fully saturated rings. The summed E-state index contributed by atoms with van der Waals surface area (Å²) < 4.78 is 5.81. The number of ether oxygens (including phenoxy) is 1. The average Bonchev–Trinajstić information content (AvgIpc) is 2.29. The minimum absolute atomic E-state index is 0.102. The molecule has 1 aliphatic rings. The van der Waals surface area contributed by atoms with Crippen LogP contribution in [-0.2, 0) is 15.3 Å². The second-order valence-corrected chi connectivity index (χ2v) is 3.89. The van der Waals surface area contributed by atoms with Crippen molar-refractivity contribution in [1.29, 1.82) is 0 Å². The molecular weight excluding hydrogens is 202 g/mol. The van der Waals surface area contributed by atoms with Crippen molar-refractivity contribution in [2.45, 2.75) is 26.0 Å². The second-order valence-electron chi connectivity index (χ2n) is 3.89. The van der Waals surface area contributed by atoms with Crippen molar-refractivity contribution in [2.75, 3.05) is 0 Å². The van der Waals surface area contributed by atoms with Crippen molar-refractivity contribution in [3.8, 4) is 0 Å². The topological polar surface area (TPSA) is 38.3 Å². The number of carbonyl (C=O) groups excluding carboxylic acids is 1. The van der Waals surface area contributed by atoms with Crippen LogP contribution in [0.3, 0.4) is 0 Å². The summed E-state index contributed by atoms with van der Waals surface area (Å²) in [7, 11) is 0. The lowest BCUT2D eigenvalue weighted by molar-refractivity contribution is -0.131. The molecule has 1 N–H and O–H groups in total. The van der Waals surface area contributed by atoms with Crippen LogP contribution in [0, 0.1) is 0 Å². The lowest BCUT2D eigenvalue weighted by atomic mass is 9.98. The van der Waals surface area contributed by atoms with Crippen LogP contribution in [-0.4, -0.2) is 5.91 Å². The summed E-state index contributed by atoms with van der Waals surface area (Å²) in [5, 5.41) is 2.89. The Morgan fingerprint density at radius 2 is 2.00 bits per heavy atom. The highest BCUT2D eigenvalue weighted by atomic mass is 16.5. The molecule has 0 aliphatic carbocycles. The molecule has 0 radical (unpaired) electrons. The SMILES string of the molecule is CCC1(c2ccccc2)NC(=O)C=C(C)O1. The fraction of sp³-hybridized carbons (Fsp3) is 0.308. The molecule has 1 amide bonds. The quantitative estimate of drug-likeness (QED) is 0.825. The molecule has 0 saturated heterocycles. The normalized spacial score (nSPS) is 24.4. The van der Waals surface area contributed by atoms with Gasteiger partial charge in [-0.1, -0.05) is 37.3 Å². The fourth-order valence-electron chi connectivity index (χ4n) is 1.95. The molecular formula is C13H15NO2. The van der Waals surface area contributed by atoms with Crippen molar-refractivity contribution in [3.63, 3.8) is 0 Å². The molecule has 1 aromatic carbocycles. The summed E-state index contributed by atoms with van der Waals surface area (Å²) in [6.45, 7) is 3.79. The van der Waals surface area contributed by atoms with Crippen molar-refractivity contribution in [1.82, 2.24) is 5.32 Å². The summed E-state index contributed by atoms with van der Waals surface area (Å²) in [5.41, 5.74) is 0.260. The first kappa shape index (κ1) is 10.7. The highest BCUT2D eigenvalue weighted by molar-refractivity contribution is 5.89. The third-order valence-electron chi connectivity index (χ3n) is 2.73. The zero-order chi connectivity index (χ0) is 11.6. The van der Waals surface area contributed by atoms with E-state index in [2.05, 4.69) is 5.32 Å². The Morgan fingerprint density at radius 3 is 2.56 bits per heavy atom. The van der Waals surface area contributed by atoms with Gasteiger partial charge in [-0.2, -0.15) is 0 Å². The zero-order valence-electron chi connectivity index (χ0n) is 9.49. The lowest BCUT2D eigenvalue weighted by Crippen LogP contribution is -2.49. The van der Waals surface area contributed by atoms with E-state index in [4.69, 9.17) is 4.74 Å². The molecule has 1 aromatic rings. The highest BCUT2D eigenvalue weighted by Gasteiger charge is 2.36. The smallest absolute Gasteiger partial charge is 0.250 e. The van der Waals surface area contributed by atoms with Crippen LogP contribution >= 0.6 is 0 Å². The van der Waals surface area contributed by atoms with Crippen LogP contribution in [0.15, 0.2) is 42.2 Å².